The third kappa shape index (κ3) is 1.78. The van der Waals surface area contributed by atoms with E-state index in [1.54, 1.807) is 6.08 Å². The van der Waals surface area contributed by atoms with Gasteiger partial charge in [0.1, 0.15) is 12.4 Å². The molecular weight excluding hydrogens is 276 g/mol. The zero-order valence-corrected chi connectivity index (χ0v) is 13.0. The first-order chi connectivity index (χ1) is 10.6. The molecule has 0 amide bonds. The topological polar surface area (TPSA) is 54.4 Å². The Morgan fingerprint density at radius 3 is 2.68 bits per heavy atom. The molecule has 0 saturated heterocycles. The second-order valence-corrected chi connectivity index (χ2v) is 7.93. The maximum absolute atomic E-state index is 12.2. The number of carbonyl (C=O) groups is 2. The van der Waals surface area contributed by atoms with Crippen LogP contribution in [0.2, 0.25) is 0 Å². The van der Waals surface area contributed by atoms with E-state index in [2.05, 4.69) is 19.1 Å². The first kappa shape index (κ1) is 14.4. The number of rotatable bonds is 1. The quantitative estimate of drug-likeness (QED) is 0.598. The number of hydrogen-bond acceptors (Lipinski definition) is 3. The van der Waals surface area contributed by atoms with Crippen LogP contribution in [0.4, 0.5) is 0 Å². The Labute approximate surface area is 131 Å². The molecule has 0 aliphatic heterocycles. The van der Waals surface area contributed by atoms with E-state index >= 15 is 0 Å². The minimum absolute atomic E-state index is 0.0484. The SMILES string of the molecule is C[C@]12CC[C@H]3[C@@H](C=CC4C(=O)C(O)C=C[C@@H]43)[C@@H]1CCC2C=O. The molecule has 4 aliphatic carbocycles. The summed E-state index contributed by atoms with van der Waals surface area (Å²) >= 11 is 0. The van der Waals surface area contributed by atoms with Crippen molar-refractivity contribution in [3.63, 3.8) is 0 Å². The lowest BCUT2D eigenvalue weighted by molar-refractivity contribution is -0.131. The second kappa shape index (κ2) is 4.89. The maximum Gasteiger partial charge on any atom is 0.172 e. The fourth-order valence-corrected chi connectivity index (χ4v) is 5.93. The Balaban J connectivity index is 1.68. The Morgan fingerprint density at radius 2 is 1.91 bits per heavy atom. The van der Waals surface area contributed by atoms with Crippen molar-refractivity contribution in [3.8, 4) is 0 Å². The number of ketones is 1. The molecule has 0 aromatic carbocycles. The van der Waals surface area contributed by atoms with Crippen LogP contribution < -0.4 is 0 Å². The predicted molar refractivity (Wildman–Crippen MR) is 82.9 cm³/mol. The van der Waals surface area contributed by atoms with Crippen LogP contribution in [0.3, 0.4) is 0 Å². The molecule has 2 fully saturated rings. The highest BCUT2D eigenvalue weighted by atomic mass is 16.3. The number of fused-ring (bicyclic) bond motifs is 5. The summed E-state index contributed by atoms with van der Waals surface area (Å²) in [6, 6.07) is 0. The lowest BCUT2D eigenvalue weighted by atomic mass is 9.52. The van der Waals surface area contributed by atoms with Gasteiger partial charge in [-0.1, -0.05) is 31.2 Å². The van der Waals surface area contributed by atoms with Crippen LogP contribution in [0.1, 0.15) is 32.6 Å². The molecule has 0 aromatic rings. The molecule has 1 N–H and O–H groups in total. The Bertz CT molecular complexity index is 563. The summed E-state index contributed by atoms with van der Waals surface area (Å²) < 4.78 is 0. The van der Waals surface area contributed by atoms with Crippen LogP contribution in [-0.4, -0.2) is 23.3 Å². The third-order valence-corrected chi connectivity index (χ3v) is 7.21. The van der Waals surface area contributed by atoms with E-state index in [0.29, 0.717) is 17.8 Å². The number of aliphatic hydroxyl groups excluding tert-OH is 1. The van der Waals surface area contributed by atoms with E-state index in [9.17, 15) is 14.7 Å². The van der Waals surface area contributed by atoms with Gasteiger partial charge in [0.2, 0.25) is 0 Å². The molecule has 3 heteroatoms. The number of aliphatic hydroxyl groups is 1. The molecule has 3 unspecified atom stereocenters. The van der Waals surface area contributed by atoms with Gasteiger partial charge >= 0.3 is 0 Å². The van der Waals surface area contributed by atoms with Crippen LogP contribution in [0, 0.1) is 40.9 Å². The molecule has 0 bridgehead atoms. The van der Waals surface area contributed by atoms with Crippen LogP contribution in [0.25, 0.3) is 0 Å². The third-order valence-electron chi connectivity index (χ3n) is 7.21. The van der Waals surface area contributed by atoms with Gasteiger partial charge in [-0.05, 0) is 54.8 Å². The molecule has 0 aromatic heterocycles. The van der Waals surface area contributed by atoms with Crippen molar-refractivity contribution in [2.45, 2.75) is 38.7 Å². The summed E-state index contributed by atoms with van der Waals surface area (Å²) in [6.07, 6.45) is 12.6. The Morgan fingerprint density at radius 1 is 1.14 bits per heavy atom. The van der Waals surface area contributed by atoms with E-state index in [1.165, 1.54) is 6.29 Å². The lowest BCUT2D eigenvalue weighted by Gasteiger charge is -2.52. The molecule has 3 nitrogen and oxygen atoms in total. The molecule has 0 radical (unpaired) electrons. The van der Waals surface area contributed by atoms with Crippen LogP contribution in [-0.2, 0) is 9.59 Å². The standard InChI is InChI=1S/C19H24O3/c1-19-9-8-13-12-5-7-17(21)18(22)15(12)4-3-14(13)16(19)6-2-11(19)10-20/h3-5,7,10-17,21H,2,6,8-9H2,1H3/t11?,12-,13-,14-,15?,16+,17?,19-/m1/s1. The van der Waals surface area contributed by atoms with Gasteiger partial charge in [-0.2, -0.15) is 0 Å². The summed E-state index contributed by atoms with van der Waals surface area (Å²) in [4.78, 5) is 23.7. The Kier molecular flexibility index (Phi) is 3.19. The number of carbonyl (C=O) groups excluding carboxylic acids is 2. The van der Waals surface area contributed by atoms with Gasteiger partial charge in [0.25, 0.3) is 0 Å². The molecular formula is C19H24O3. The smallest absolute Gasteiger partial charge is 0.172 e. The van der Waals surface area contributed by atoms with Gasteiger partial charge in [-0.15, -0.1) is 0 Å². The number of Topliss-reactive ketones (excluding diaryl/α,β-unsaturated/α-hetero) is 1. The van der Waals surface area contributed by atoms with E-state index in [1.807, 2.05) is 6.08 Å². The van der Waals surface area contributed by atoms with E-state index in [4.69, 9.17) is 0 Å². The number of hydrogen-bond donors (Lipinski definition) is 1. The fraction of sp³-hybridized carbons (Fsp3) is 0.684. The lowest BCUT2D eigenvalue weighted by Crippen LogP contribution is -2.48. The zero-order chi connectivity index (χ0) is 15.5. The van der Waals surface area contributed by atoms with Gasteiger partial charge in [-0.3, -0.25) is 4.79 Å². The molecule has 0 spiro atoms. The fourth-order valence-electron chi connectivity index (χ4n) is 5.93. The highest BCUT2D eigenvalue weighted by molar-refractivity contribution is 5.90. The van der Waals surface area contributed by atoms with Gasteiger partial charge in [0.05, 0.1) is 0 Å². The van der Waals surface area contributed by atoms with Crippen molar-refractivity contribution in [1.82, 2.24) is 0 Å². The number of allylic oxidation sites excluding steroid dienone is 3. The van der Waals surface area contributed by atoms with Crippen molar-refractivity contribution in [3.05, 3.63) is 24.3 Å². The molecule has 4 aliphatic rings. The second-order valence-electron chi connectivity index (χ2n) is 7.93. The molecule has 118 valence electrons. The van der Waals surface area contributed by atoms with Crippen molar-refractivity contribution in [2.75, 3.05) is 0 Å². The highest BCUT2D eigenvalue weighted by Gasteiger charge is 2.56. The predicted octanol–water partition coefficient (Wildman–Crippen LogP) is 2.55. The monoisotopic (exact) mass is 300 g/mol. The van der Waals surface area contributed by atoms with Crippen LogP contribution >= 0.6 is 0 Å². The first-order valence-corrected chi connectivity index (χ1v) is 8.60. The summed E-state index contributed by atoms with van der Waals surface area (Å²) in [6.45, 7) is 2.30. The number of aldehydes is 1. The zero-order valence-electron chi connectivity index (χ0n) is 13.0. The van der Waals surface area contributed by atoms with Gasteiger partial charge in [0, 0.05) is 11.8 Å². The van der Waals surface area contributed by atoms with Gasteiger partial charge < -0.3 is 9.90 Å². The average molecular weight is 300 g/mol. The van der Waals surface area contributed by atoms with Gasteiger partial charge in [0.15, 0.2) is 5.78 Å². The van der Waals surface area contributed by atoms with E-state index < -0.39 is 6.10 Å². The molecule has 8 atom stereocenters. The maximum atomic E-state index is 12.2. The molecule has 0 heterocycles. The van der Waals surface area contributed by atoms with E-state index in [-0.39, 0.29) is 29.0 Å². The molecule has 4 rings (SSSR count). The van der Waals surface area contributed by atoms with E-state index in [0.717, 1.165) is 25.7 Å². The van der Waals surface area contributed by atoms with Crippen LogP contribution in [0.5, 0.6) is 0 Å². The highest BCUT2D eigenvalue weighted by Crippen LogP contribution is 2.61. The summed E-state index contributed by atoms with van der Waals surface area (Å²) in [7, 11) is 0. The summed E-state index contributed by atoms with van der Waals surface area (Å²) in [5.74, 6) is 1.79. The van der Waals surface area contributed by atoms with Crippen molar-refractivity contribution in [1.29, 1.82) is 0 Å². The minimum atomic E-state index is -0.928. The summed E-state index contributed by atoms with van der Waals surface area (Å²) in [5.41, 5.74) is 0.141. The van der Waals surface area contributed by atoms with Crippen molar-refractivity contribution >= 4 is 12.1 Å². The molecule has 22 heavy (non-hydrogen) atoms. The normalized spacial score (nSPS) is 52.8. The van der Waals surface area contributed by atoms with Crippen LogP contribution in [0.15, 0.2) is 24.3 Å². The first-order valence-electron chi connectivity index (χ1n) is 8.60. The van der Waals surface area contributed by atoms with Crippen molar-refractivity contribution in [2.24, 2.45) is 40.9 Å². The summed E-state index contributed by atoms with van der Waals surface area (Å²) in [5, 5.41) is 9.76. The van der Waals surface area contributed by atoms with Gasteiger partial charge in [-0.25, -0.2) is 0 Å². The molecule has 2 saturated carbocycles. The Hall–Kier alpha value is -1.22. The average Bonchev–Trinajstić information content (AvgIpc) is 2.87. The minimum Gasteiger partial charge on any atom is -0.381 e. The largest absolute Gasteiger partial charge is 0.381 e. The van der Waals surface area contributed by atoms with Crippen molar-refractivity contribution < 1.29 is 14.7 Å².